The molecule has 0 fully saturated rings. The number of aromatic nitrogens is 1. The fourth-order valence-corrected chi connectivity index (χ4v) is 2.94. The highest BCUT2D eigenvalue weighted by Crippen LogP contribution is 2.36. The number of ether oxygens (including phenoxy) is 1. The summed E-state index contributed by atoms with van der Waals surface area (Å²) in [6.07, 6.45) is 2.47. The maximum Gasteiger partial charge on any atom is 0.295 e. The molecule has 2 heterocycles. The van der Waals surface area contributed by atoms with Crippen molar-refractivity contribution in [1.29, 1.82) is 5.26 Å². The molecule has 1 aromatic carbocycles. The molecule has 1 atom stereocenters. The first-order valence-electron chi connectivity index (χ1n) is 8.21. The predicted octanol–water partition coefficient (Wildman–Crippen LogP) is 3.05. The zero-order valence-corrected chi connectivity index (χ0v) is 15.0. The highest BCUT2D eigenvalue weighted by atomic mass is 17.0. The summed E-state index contributed by atoms with van der Waals surface area (Å²) >= 11 is 0. The van der Waals surface area contributed by atoms with E-state index in [0.29, 0.717) is 28.1 Å². The van der Waals surface area contributed by atoms with E-state index in [9.17, 15) is 20.2 Å². The van der Waals surface area contributed by atoms with Gasteiger partial charge in [0.15, 0.2) is 0 Å². The van der Waals surface area contributed by atoms with E-state index >= 15 is 0 Å². The molecule has 0 amide bonds. The lowest BCUT2D eigenvalue weighted by Gasteiger charge is -2.31. The smallest absolute Gasteiger partial charge is 0.295 e. The Morgan fingerprint density at radius 1 is 1.33 bits per heavy atom. The molecular formula is C19H17N3O5. The molecule has 0 spiro atoms. The fraction of sp³-hybridized carbons (Fsp3) is 0.263. The Bertz CT molecular complexity index is 1050. The van der Waals surface area contributed by atoms with Gasteiger partial charge in [0.25, 0.3) is 10.6 Å². The molecule has 0 bridgehead atoms. The summed E-state index contributed by atoms with van der Waals surface area (Å²) in [6, 6.07) is 9.98. The second-order valence-electron chi connectivity index (χ2n) is 6.70. The second-order valence-corrected chi connectivity index (χ2v) is 6.70. The minimum absolute atomic E-state index is 0.372. The lowest BCUT2D eigenvalue weighted by atomic mass is 9.97. The summed E-state index contributed by atoms with van der Waals surface area (Å²) in [5, 5.41) is 18.8. The molecule has 8 heteroatoms. The van der Waals surface area contributed by atoms with E-state index in [-0.39, 0.29) is 5.56 Å². The molecule has 0 N–H and O–H groups in total. The number of nitriles is 1. The largest absolute Gasteiger partial charge is 0.483 e. The average molecular weight is 367 g/mol. The third-order valence-corrected chi connectivity index (χ3v) is 4.16. The first-order valence-corrected chi connectivity index (χ1v) is 8.21. The van der Waals surface area contributed by atoms with Crippen molar-refractivity contribution < 1.29 is 14.7 Å². The summed E-state index contributed by atoms with van der Waals surface area (Å²) < 4.78 is 7.34. The molecule has 1 aliphatic heterocycles. The molecule has 2 aromatic rings. The van der Waals surface area contributed by atoms with Crippen LogP contribution in [-0.4, -0.2) is 15.3 Å². The van der Waals surface area contributed by atoms with Crippen LogP contribution in [0.25, 0.3) is 5.70 Å². The molecule has 3 rings (SSSR count). The van der Waals surface area contributed by atoms with E-state index in [4.69, 9.17) is 4.74 Å². The van der Waals surface area contributed by atoms with Crippen LogP contribution in [0.15, 0.2) is 47.4 Å². The lowest BCUT2D eigenvalue weighted by Crippen LogP contribution is -2.32. The van der Waals surface area contributed by atoms with E-state index in [1.54, 1.807) is 30.3 Å². The van der Waals surface area contributed by atoms with E-state index in [1.165, 1.54) is 23.8 Å². The van der Waals surface area contributed by atoms with Gasteiger partial charge >= 0.3 is 0 Å². The van der Waals surface area contributed by atoms with Gasteiger partial charge in [-0.3, -0.25) is 9.36 Å². The van der Waals surface area contributed by atoms with Crippen LogP contribution in [0.4, 0.5) is 0 Å². The van der Waals surface area contributed by atoms with E-state index in [1.807, 2.05) is 13.8 Å². The first-order chi connectivity index (χ1) is 12.7. The summed E-state index contributed by atoms with van der Waals surface area (Å²) in [5.74, 6) is 0.567. The van der Waals surface area contributed by atoms with Crippen LogP contribution in [0.2, 0.25) is 0 Å². The Morgan fingerprint density at radius 2 is 2.07 bits per heavy atom. The lowest BCUT2D eigenvalue weighted by molar-refractivity contribution is -0.770. The molecule has 0 aliphatic carbocycles. The predicted molar refractivity (Wildman–Crippen MR) is 96.4 cm³/mol. The molecule has 1 aromatic heterocycles. The highest BCUT2D eigenvalue weighted by molar-refractivity contribution is 5.74. The van der Waals surface area contributed by atoms with E-state index < -0.39 is 16.8 Å². The molecule has 8 nitrogen and oxygen atoms in total. The van der Waals surface area contributed by atoms with Crippen LogP contribution >= 0.6 is 0 Å². The van der Waals surface area contributed by atoms with Crippen molar-refractivity contribution in [2.45, 2.75) is 32.5 Å². The number of pyridine rings is 1. The molecule has 0 saturated heterocycles. The van der Waals surface area contributed by atoms with Gasteiger partial charge in [-0.2, -0.15) is 5.26 Å². The maximum atomic E-state index is 12.7. The molecule has 1 aliphatic rings. The van der Waals surface area contributed by atoms with Crippen LogP contribution in [0.5, 0.6) is 5.75 Å². The Labute approximate surface area is 155 Å². The number of nitrogens with zero attached hydrogens (tertiary/aromatic N) is 3. The normalized spacial score (nSPS) is 15.6. The van der Waals surface area contributed by atoms with Crippen molar-refractivity contribution in [3.63, 3.8) is 0 Å². The third-order valence-electron chi connectivity index (χ3n) is 4.16. The van der Waals surface area contributed by atoms with Crippen LogP contribution in [0.1, 0.15) is 43.6 Å². The quantitative estimate of drug-likeness (QED) is 0.607. The van der Waals surface area contributed by atoms with Gasteiger partial charge in [0.2, 0.25) is 0 Å². The number of benzene rings is 1. The topological polar surface area (TPSA) is 107 Å². The Hall–Kier alpha value is -3.60. The van der Waals surface area contributed by atoms with Gasteiger partial charge in [-0.05, 0) is 56.7 Å². The minimum atomic E-state index is -0.889. The maximum absolute atomic E-state index is 12.7. The summed E-state index contributed by atoms with van der Waals surface area (Å²) in [4.78, 5) is 27.7. The number of hydrogen-bond donors (Lipinski definition) is 0. The summed E-state index contributed by atoms with van der Waals surface area (Å²) in [5.41, 5.74) is 1.02. The van der Waals surface area contributed by atoms with Crippen molar-refractivity contribution >= 4 is 5.70 Å². The summed E-state index contributed by atoms with van der Waals surface area (Å²) in [7, 11) is 0. The SMILES string of the molecule is CC(O[N+](=O)[O-])c1ccn(C2=CC(C)(C)Oc3ccc(C#N)cc32)c(=O)c1. The van der Waals surface area contributed by atoms with Gasteiger partial charge in [0, 0.05) is 17.8 Å². The van der Waals surface area contributed by atoms with Crippen molar-refractivity contribution in [2.75, 3.05) is 0 Å². The standard InChI is InChI=1S/C19H17N3O5/c1-12(27-22(24)25)14-6-7-21(18(23)9-14)16-10-19(2,3)26-17-5-4-13(11-20)8-15(16)17/h4-10,12H,1-3H3. The number of rotatable bonds is 4. The third kappa shape index (κ3) is 3.67. The first kappa shape index (κ1) is 18.2. The Balaban J connectivity index is 2.10. The van der Waals surface area contributed by atoms with Crippen LogP contribution in [0, 0.1) is 21.4 Å². The highest BCUT2D eigenvalue weighted by Gasteiger charge is 2.28. The molecule has 138 valence electrons. The van der Waals surface area contributed by atoms with Gasteiger partial charge < -0.3 is 9.57 Å². The molecule has 27 heavy (non-hydrogen) atoms. The van der Waals surface area contributed by atoms with E-state index in [0.717, 1.165) is 0 Å². The van der Waals surface area contributed by atoms with Crippen molar-refractivity contribution in [1.82, 2.24) is 4.57 Å². The monoisotopic (exact) mass is 367 g/mol. The van der Waals surface area contributed by atoms with Crippen LogP contribution in [0.3, 0.4) is 0 Å². The van der Waals surface area contributed by atoms with Gasteiger partial charge in [0.05, 0.1) is 17.3 Å². The number of hydrogen-bond acceptors (Lipinski definition) is 6. The summed E-state index contributed by atoms with van der Waals surface area (Å²) in [6.45, 7) is 5.22. The second kappa shape index (κ2) is 6.61. The van der Waals surface area contributed by atoms with Gasteiger partial charge in [-0.15, -0.1) is 10.1 Å². The fourth-order valence-electron chi connectivity index (χ4n) is 2.94. The van der Waals surface area contributed by atoms with Gasteiger partial charge in [-0.25, -0.2) is 0 Å². The molecule has 1 unspecified atom stereocenters. The van der Waals surface area contributed by atoms with Gasteiger partial charge in [-0.1, -0.05) is 0 Å². The number of fused-ring (bicyclic) bond motifs is 1. The van der Waals surface area contributed by atoms with E-state index in [2.05, 4.69) is 10.9 Å². The Kier molecular flexibility index (Phi) is 4.45. The van der Waals surface area contributed by atoms with Crippen molar-refractivity contribution in [3.8, 4) is 11.8 Å². The van der Waals surface area contributed by atoms with Crippen LogP contribution < -0.4 is 10.3 Å². The Morgan fingerprint density at radius 3 is 2.70 bits per heavy atom. The zero-order chi connectivity index (χ0) is 19.8. The van der Waals surface area contributed by atoms with Crippen molar-refractivity contribution in [2.24, 2.45) is 0 Å². The minimum Gasteiger partial charge on any atom is -0.483 e. The van der Waals surface area contributed by atoms with Crippen molar-refractivity contribution in [3.05, 3.63) is 79.8 Å². The zero-order valence-electron chi connectivity index (χ0n) is 15.0. The average Bonchev–Trinajstić information content (AvgIpc) is 2.59. The van der Waals surface area contributed by atoms with Crippen LogP contribution in [-0.2, 0) is 4.84 Å². The molecular weight excluding hydrogens is 350 g/mol. The molecule has 0 radical (unpaired) electrons. The van der Waals surface area contributed by atoms with Gasteiger partial charge in [0.1, 0.15) is 17.5 Å². The molecule has 0 saturated carbocycles.